The first kappa shape index (κ1) is 50.4. The maximum absolute atomic E-state index is 14.3. The van der Waals surface area contributed by atoms with E-state index in [2.05, 4.69) is 21.3 Å². The van der Waals surface area contributed by atoms with Gasteiger partial charge in [-0.15, -0.1) is 0 Å². The number of nitrogens with zero attached hydrogens (tertiary/aromatic N) is 3. The molecule has 4 atom stereocenters. The summed E-state index contributed by atoms with van der Waals surface area (Å²) in [6, 6.07) is 13.3. The van der Waals surface area contributed by atoms with Gasteiger partial charge in [0.1, 0.15) is 41.5 Å². The minimum absolute atomic E-state index is 0.278. The number of amides is 6. The Hall–Kier alpha value is -6.59. The number of methoxy groups -OCH3 is 4. The fraction of sp³-hybridized carbons (Fsp3) is 0.500. The highest BCUT2D eigenvalue weighted by Gasteiger charge is 2.44. The van der Waals surface area contributed by atoms with Crippen molar-refractivity contribution in [2.24, 2.45) is 10.8 Å². The number of alkyl carbamates (subject to hydrolysis) is 2. The SMILES string of the molecule is COC(=O)NC(C(=O)N1CCCC1C(=O)Nc1cc(CN(Cc2ccc(OC)c(NC(=O)[C@@H]3CCCN3C(=O)[C@@H](NC(=O)OC)C(C)(C)C)c2)c2ccc(F)cc2)ccc1OC)C(C)(C)C. The lowest BCUT2D eigenvalue weighted by Gasteiger charge is -2.35. The lowest BCUT2D eigenvalue weighted by atomic mass is 9.85. The van der Waals surface area contributed by atoms with Gasteiger partial charge in [-0.3, -0.25) is 19.2 Å². The van der Waals surface area contributed by atoms with Gasteiger partial charge in [0.25, 0.3) is 0 Å². The quantitative estimate of drug-likeness (QED) is 0.131. The number of carbonyl (C=O) groups is 6. The molecule has 2 heterocycles. The first-order chi connectivity index (χ1) is 31.2. The van der Waals surface area contributed by atoms with Crippen LogP contribution in [0.2, 0.25) is 0 Å². The van der Waals surface area contributed by atoms with Crippen molar-refractivity contribution in [1.29, 1.82) is 0 Å². The Bertz CT molecular complexity index is 2110. The van der Waals surface area contributed by atoms with Crippen LogP contribution in [0.25, 0.3) is 0 Å². The van der Waals surface area contributed by atoms with E-state index in [1.807, 2.05) is 58.6 Å². The highest BCUT2D eigenvalue weighted by Crippen LogP contribution is 2.33. The third kappa shape index (κ3) is 12.4. The van der Waals surface area contributed by atoms with E-state index in [9.17, 15) is 33.2 Å². The molecule has 6 amide bonds. The monoisotopic (exact) mass is 917 g/mol. The fourth-order valence-corrected chi connectivity index (χ4v) is 8.25. The van der Waals surface area contributed by atoms with Crippen LogP contribution in [0.4, 0.5) is 31.0 Å². The second-order valence-corrected chi connectivity index (χ2v) is 18.6. The Balaban J connectivity index is 1.38. The summed E-state index contributed by atoms with van der Waals surface area (Å²) >= 11 is 0. The molecule has 18 heteroatoms. The lowest BCUT2D eigenvalue weighted by molar-refractivity contribution is -0.140. The molecule has 0 aliphatic carbocycles. The molecule has 66 heavy (non-hydrogen) atoms. The average Bonchev–Trinajstić information content (AvgIpc) is 3.98. The first-order valence-corrected chi connectivity index (χ1v) is 21.9. The molecular formula is C48H64FN7O10. The van der Waals surface area contributed by atoms with Crippen molar-refractivity contribution in [2.75, 3.05) is 57.1 Å². The predicted molar refractivity (Wildman–Crippen MR) is 247 cm³/mol. The number of carbonyl (C=O) groups excluding carboxylic acids is 6. The number of halogens is 1. The summed E-state index contributed by atoms with van der Waals surface area (Å²) in [4.78, 5) is 85.1. The molecule has 17 nitrogen and oxygen atoms in total. The molecule has 3 aromatic carbocycles. The molecule has 4 N–H and O–H groups in total. The van der Waals surface area contributed by atoms with Gasteiger partial charge in [-0.1, -0.05) is 53.7 Å². The molecule has 0 aromatic heterocycles. The van der Waals surface area contributed by atoms with Crippen molar-refractivity contribution >= 4 is 52.9 Å². The Morgan fingerprint density at radius 1 is 0.636 bits per heavy atom. The number of likely N-dealkylation sites (tertiary alicyclic amines) is 2. The molecule has 2 aliphatic rings. The normalized spacial score (nSPS) is 17.0. The summed E-state index contributed by atoms with van der Waals surface area (Å²) in [5, 5.41) is 11.2. The molecule has 358 valence electrons. The second-order valence-electron chi connectivity index (χ2n) is 18.6. The highest BCUT2D eigenvalue weighted by atomic mass is 19.1. The smallest absolute Gasteiger partial charge is 0.407 e. The summed E-state index contributed by atoms with van der Waals surface area (Å²) in [6.45, 7) is 12.1. The summed E-state index contributed by atoms with van der Waals surface area (Å²) in [5.41, 5.74) is 1.60. The van der Waals surface area contributed by atoms with Crippen LogP contribution in [0.1, 0.15) is 78.4 Å². The molecule has 2 unspecified atom stereocenters. The molecule has 0 spiro atoms. The second kappa shape index (κ2) is 21.6. The van der Waals surface area contributed by atoms with Crippen molar-refractivity contribution in [3.63, 3.8) is 0 Å². The van der Waals surface area contributed by atoms with Crippen LogP contribution >= 0.6 is 0 Å². The third-order valence-electron chi connectivity index (χ3n) is 11.8. The van der Waals surface area contributed by atoms with E-state index in [0.717, 1.165) is 11.1 Å². The zero-order chi connectivity index (χ0) is 48.5. The van der Waals surface area contributed by atoms with E-state index >= 15 is 0 Å². The van der Waals surface area contributed by atoms with Crippen molar-refractivity contribution in [3.8, 4) is 11.5 Å². The Kier molecular flexibility index (Phi) is 16.5. The van der Waals surface area contributed by atoms with Crippen LogP contribution in [0.5, 0.6) is 11.5 Å². The van der Waals surface area contributed by atoms with Gasteiger partial charge in [0.05, 0.1) is 39.8 Å². The van der Waals surface area contributed by atoms with E-state index < -0.39 is 76.6 Å². The van der Waals surface area contributed by atoms with Gasteiger partial charge in [-0.05, 0) is 96.2 Å². The first-order valence-electron chi connectivity index (χ1n) is 21.9. The molecule has 3 aromatic rings. The van der Waals surface area contributed by atoms with E-state index in [0.29, 0.717) is 67.3 Å². The number of rotatable bonds is 15. The van der Waals surface area contributed by atoms with Gasteiger partial charge in [0.2, 0.25) is 23.6 Å². The summed E-state index contributed by atoms with van der Waals surface area (Å²) in [6.07, 6.45) is 0.518. The van der Waals surface area contributed by atoms with Gasteiger partial charge < -0.3 is 54.9 Å². The van der Waals surface area contributed by atoms with E-state index in [-0.39, 0.29) is 13.1 Å². The van der Waals surface area contributed by atoms with Crippen molar-refractivity contribution in [2.45, 2.75) is 104 Å². The van der Waals surface area contributed by atoms with Gasteiger partial charge in [0, 0.05) is 31.9 Å². The molecule has 0 bridgehead atoms. The van der Waals surface area contributed by atoms with Crippen LogP contribution < -0.4 is 35.6 Å². The summed E-state index contributed by atoms with van der Waals surface area (Å²) in [5.74, 6) is -1.24. The van der Waals surface area contributed by atoms with Crippen molar-refractivity contribution in [1.82, 2.24) is 20.4 Å². The lowest BCUT2D eigenvalue weighted by Crippen LogP contribution is -2.57. The largest absolute Gasteiger partial charge is 0.495 e. The van der Waals surface area contributed by atoms with E-state index in [1.54, 1.807) is 36.4 Å². The third-order valence-corrected chi connectivity index (χ3v) is 11.8. The van der Waals surface area contributed by atoms with Gasteiger partial charge >= 0.3 is 12.2 Å². The molecule has 2 aliphatic heterocycles. The van der Waals surface area contributed by atoms with Gasteiger partial charge in [0.15, 0.2) is 0 Å². The predicted octanol–water partition coefficient (Wildman–Crippen LogP) is 6.45. The number of hydrogen-bond donors (Lipinski definition) is 4. The Morgan fingerprint density at radius 3 is 1.38 bits per heavy atom. The minimum Gasteiger partial charge on any atom is -0.495 e. The number of hydrogen-bond acceptors (Lipinski definition) is 11. The number of anilines is 3. The summed E-state index contributed by atoms with van der Waals surface area (Å²) in [7, 11) is 5.42. The minimum atomic E-state index is -0.940. The zero-order valence-electron chi connectivity index (χ0n) is 39.5. The van der Waals surface area contributed by atoms with E-state index in [1.165, 1.54) is 50.4 Å². The molecule has 2 fully saturated rings. The molecular weight excluding hydrogens is 854 g/mol. The molecule has 5 rings (SSSR count). The zero-order valence-corrected chi connectivity index (χ0v) is 39.5. The van der Waals surface area contributed by atoms with Crippen LogP contribution in [0, 0.1) is 16.6 Å². The maximum Gasteiger partial charge on any atom is 0.407 e. The maximum atomic E-state index is 14.3. The number of nitrogens with one attached hydrogen (secondary N) is 4. The van der Waals surface area contributed by atoms with Crippen LogP contribution in [0.15, 0.2) is 60.7 Å². The van der Waals surface area contributed by atoms with Crippen LogP contribution in [0.3, 0.4) is 0 Å². The topological polar surface area (TPSA) is 197 Å². The average molecular weight is 918 g/mol. The molecule has 0 radical (unpaired) electrons. The number of benzene rings is 3. The van der Waals surface area contributed by atoms with Crippen molar-refractivity contribution < 1.29 is 52.1 Å². The molecule has 0 saturated carbocycles. The molecule has 2 saturated heterocycles. The highest BCUT2D eigenvalue weighted by molar-refractivity contribution is 6.01. The van der Waals surface area contributed by atoms with E-state index in [4.69, 9.17) is 18.9 Å². The summed E-state index contributed by atoms with van der Waals surface area (Å²) < 4.78 is 35.1. The fourth-order valence-electron chi connectivity index (χ4n) is 8.25. The number of ether oxygens (including phenoxy) is 4. The van der Waals surface area contributed by atoms with Crippen LogP contribution in [-0.2, 0) is 41.7 Å². The van der Waals surface area contributed by atoms with Crippen LogP contribution in [-0.4, -0.2) is 111 Å². The van der Waals surface area contributed by atoms with Crippen molar-refractivity contribution in [3.05, 3.63) is 77.6 Å². The standard InChI is InChI=1S/C48H64FN7O10/c1-47(2,3)39(52-45(61)65-9)43(59)55-23-11-13-35(55)41(57)50-33-25-29(15-21-37(33)63-7)27-54(32-19-17-31(49)18-20-32)28-30-16-22-38(64-8)34(26-30)51-42(58)36-14-12-24-56(36)44(60)40(48(4,5)6)53-46(62)66-10/h15-22,25-26,35-36,39-40H,11-14,23-24,27-28H2,1-10H3,(H,50,57)(H,51,58)(H,52,61)(H,53,62)/t35-,36?,39+,40?/m0/s1. The van der Waals surface area contributed by atoms with Gasteiger partial charge in [-0.25, -0.2) is 14.0 Å². The Labute approximate surface area is 386 Å². The Morgan fingerprint density at radius 2 is 1.03 bits per heavy atom. The van der Waals surface area contributed by atoms with Gasteiger partial charge in [-0.2, -0.15) is 0 Å².